The first-order chi connectivity index (χ1) is 5.62. The molecule has 0 spiro atoms. The van der Waals surface area contributed by atoms with Crippen LogP contribution in [0.1, 0.15) is 26.2 Å². The van der Waals surface area contributed by atoms with Crippen molar-refractivity contribution in [3.63, 3.8) is 0 Å². The molecule has 0 aromatic rings. The third kappa shape index (κ3) is 2.62. The van der Waals surface area contributed by atoms with Crippen LogP contribution in [0, 0.1) is 0 Å². The van der Waals surface area contributed by atoms with Crippen LogP contribution in [-0.2, 0) is 4.79 Å². The molecule has 0 fully saturated rings. The number of carbonyl (C=O) groups is 1. The molecule has 0 bridgehead atoms. The maximum Gasteiger partial charge on any atom is 0.129 e. The summed E-state index contributed by atoms with van der Waals surface area (Å²) < 4.78 is 0. The Labute approximate surface area is 73.1 Å². The predicted molar refractivity (Wildman–Crippen MR) is 49.7 cm³/mol. The normalized spacial score (nSPS) is 27.5. The zero-order chi connectivity index (χ0) is 9.03. The smallest absolute Gasteiger partial charge is 0.129 e. The van der Waals surface area contributed by atoms with E-state index < -0.39 is 0 Å². The molecule has 0 amide bonds. The first kappa shape index (κ1) is 9.20. The standard InChI is InChI=1S/C10H15NO/c1-9(12)5-8-10(11)6-3-2-4-7-10/h2-4,6H,5,7-8,11H2,1H3. The number of allylic oxidation sites excluding steroid dienone is 2. The molecule has 2 heteroatoms. The van der Waals surface area contributed by atoms with Gasteiger partial charge in [0.1, 0.15) is 5.78 Å². The summed E-state index contributed by atoms with van der Waals surface area (Å²) in [6.45, 7) is 1.60. The average Bonchev–Trinajstić information content (AvgIpc) is 2.03. The predicted octanol–water partition coefficient (Wildman–Crippen LogP) is 1.57. The monoisotopic (exact) mass is 165 g/mol. The highest BCUT2D eigenvalue weighted by atomic mass is 16.1. The van der Waals surface area contributed by atoms with E-state index in [-0.39, 0.29) is 11.3 Å². The van der Waals surface area contributed by atoms with E-state index in [9.17, 15) is 4.79 Å². The van der Waals surface area contributed by atoms with Gasteiger partial charge >= 0.3 is 0 Å². The summed E-state index contributed by atoms with van der Waals surface area (Å²) in [5, 5.41) is 0. The van der Waals surface area contributed by atoms with Crippen LogP contribution in [-0.4, -0.2) is 11.3 Å². The van der Waals surface area contributed by atoms with Crippen molar-refractivity contribution >= 4 is 5.78 Å². The van der Waals surface area contributed by atoms with Crippen LogP contribution >= 0.6 is 0 Å². The van der Waals surface area contributed by atoms with Gasteiger partial charge in [-0.15, -0.1) is 0 Å². The van der Waals surface area contributed by atoms with Gasteiger partial charge < -0.3 is 10.5 Å². The maximum absolute atomic E-state index is 10.7. The molecule has 66 valence electrons. The zero-order valence-electron chi connectivity index (χ0n) is 7.42. The molecule has 1 aliphatic carbocycles. The number of Topliss-reactive ketones (excluding diaryl/α,β-unsaturated/α-hetero) is 1. The van der Waals surface area contributed by atoms with E-state index in [4.69, 9.17) is 5.73 Å². The summed E-state index contributed by atoms with van der Waals surface area (Å²) in [4.78, 5) is 10.7. The molecule has 0 aromatic heterocycles. The van der Waals surface area contributed by atoms with Crippen molar-refractivity contribution in [1.82, 2.24) is 0 Å². The van der Waals surface area contributed by atoms with Crippen LogP contribution in [0.5, 0.6) is 0 Å². The Bertz CT molecular complexity index is 230. The molecule has 2 nitrogen and oxygen atoms in total. The van der Waals surface area contributed by atoms with Crippen LogP contribution in [0.2, 0.25) is 0 Å². The number of rotatable bonds is 3. The molecule has 0 saturated heterocycles. The summed E-state index contributed by atoms with van der Waals surface area (Å²) in [5.41, 5.74) is 5.74. The third-order valence-corrected chi connectivity index (χ3v) is 2.12. The van der Waals surface area contributed by atoms with E-state index in [1.807, 2.05) is 24.3 Å². The molecule has 0 heterocycles. The SMILES string of the molecule is CC(=O)CCC1(N)C=CC=CC1. The lowest BCUT2D eigenvalue weighted by Gasteiger charge is -2.25. The van der Waals surface area contributed by atoms with Gasteiger partial charge in [-0.1, -0.05) is 24.3 Å². The van der Waals surface area contributed by atoms with E-state index in [0.717, 1.165) is 12.8 Å². The molecule has 1 aliphatic rings. The fraction of sp³-hybridized carbons (Fsp3) is 0.500. The molecular formula is C10H15NO. The molecular weight excluding hydrogens is 150 g/mol. The van der Waals surface area contributed by atoms with Crippen molar-refractivity contribution in [3.05, 3.63) is 24.3 Å². The number of hydrogen-bond donors (Lipinski definition) is 1. The fourth-order valence-electron chi connectivity index (χ4n) is 1.28. The molecule has 2 N–H and O–H groups in total. The van der Waals surface area contributed by atoms with E-state index in [1.54, 1.807) is 6.92 Å². The van der Waals surface area contributed by atoms with Crippen molar-refractivity contribution < 1.29 is 4.79 Å². The highest BCUT2D eigenvalue weighted by Gasteiger charge is 2.21. The minimum atomic E-state index is -0.277. The number of carbonyl (C=O) groups excluding carboxylic acids is 1. The molecule has 1 atom stereocenters. The maximum atomic E-state index is 10.7. The van der Waals surface area contributed by atoms with Gasteiger partial charge in [-0.25, -0.2) is 0 Å². The quantitative estimate of drug-likeness (QED) is 0.689. The molecule has 1 unspecified atom stereocenters. The lowest BCUT2D eigenvalue weighted by molar-refractivity contribution is -0.117. The fourth-order valence-corrected chi connectivity index (χ4v) is 1.28. The molecule has 0 aliphatic heterocycles. The van der Waals surface area contributed by atoms with E-state index >= 15 is 0 Å². The highest BCUT2D eigenvalue weighted by Crippen LogP contribution is 2.20. The second-order valence-electron chi connectivity index (χ2n) is 3.43. The van der Waals surface area contributed by atoms with Crippen molar-refractivity contribution in [2.75, 3.05) is 0 Å². The minimum Gasteiger partial charge on any atom is -0.322 e. The summed E-state index contributed by atoms with van der Waals surface area (Å²) >= 11 is 0. The van der Waals surface area contributed by atoms with Crippen molar-refractivity contribution in [1.29, 1.82) is 0 Å². The Morgan fingerprint density at radius 1 is 1.58 bits per heavy atom. The van der Waals surface area contributed by atoms with Crippen LogP contribution in [0.4, 0.5) is 0 Å². The van der Waals surface area contributed by atoms with Gasteiger partial charge in [-0.05, 0) is 19.8 Å². The Balaban J connectivity index is 2.44. The van der Waals surface area contributed by atoms with Crippen LogP contribution < -0.4 is 5.73 Å². The van der Waals surface area contributed by atoms with Gasteiger partial charge in [0, 0.05) is 12.0 Å². The van der Waals surface area contributed by atoms with Gasteiger partial charge in [0.05, 0.1) is 0 Å². The lowest BCUT2D eigenvalue weighted by Crippen LogP contribution is -2.38. The average molecular weight is 165 g/mol. The Morgan fingerprint density at radius 2 is 2.33 bits per heavy atom. The Morgan fingerprint density at radius 3 is 2.83 bits per heavy atom. The van der Waals surface area contributed by atoms with Crippen molar-refractivity contribution in [2.24, 2.45) is 5.73 Å². The largest absolute Gasteiger partial charge is 0.322 e. The van der Waals surface area contributed by atoms with Gasteiger partial charge in [0.15, 0.2) is 0 Å². The second kappa shape index (κ2) is 3.68. The minimum absolute atomic E-state index is 0.211. The van der Waals surface area contributed by atoms with E-state index in [0.29, 0.717) is 6.42 Å². The van der Waals surface area contributed by atoms with Gasteiger partial charge in [-0.2, -0.15) is 0 Å². The number of ketones is 1. The van der Waals surface area contributed by atoms with E-state index in [1.165, 1.54) is 0 Å². The summed E-state index contributed by atoms with van der Waals surface area (Å²) in [6.07, 6.45) is 10.1. The summed E-state index contributed by atoms with van der Waals surface area (Å²) in [5.74, 6) is 0.211. The number of hydrogen-bond acceptors (Lipinski definition) is 2. The lowest BCUT2D eigenvalue weighted by atomic mass is 9.87. The number of nitrogens with two attached hydrogens (primary N) is 1. The summed E-state index contributed by atoms with van der Waals surface area (Å²) in [6, 6.07) is 0. The van der Waals surface area contributed by atoms with Gasteiger partial charge in [0.25, 0.3) is 0 Å². The molecule has 0 aromatic carbocycles. The van der Waals surface area contributed by atoms with Crippen LogP contribution in [0.25, 0.3) is 0 Å². The Hall–Kier alpha value is -0.890. The molecule has 0 saturated carbocycles. The first-order valence-corrected chi connectivity index (χ1v) is 4.25. The second-order valence-corrected chi connectivity index (χ2v) is 3.43. The van der Waals surface area contributed by atoms with Crippen LogP contribution in [0.15, 0.2) is 24.3 Å². The molecule has 12 heavy (non-hydrogen) atoms. The molecule has 1 rings (SSSR count). The topological polar surface area (TPSA) is 43.1 Å². The Kier molecular flexibility index (Phi) is 2.82. The van der Waals surface area contributed by atoms with Crippen molar-refractivity contribution in [3.8, 4) is 0 Å². The highest BCUT2D eigenvalue weighted by molar-refractivity contribution is 5.75. The zero-order valence-corrected chi connectivity index (χ0v) is 7.42. The van der Waals surface area contributed by atoms with E-state index in [2.05, 4.69) is 0 Å². The van der Waals surface area contributed by atoms with Gasteiger partial charge in [0.2, 0.25) is 0 Å². The third-order valence-electron chi connectivity index (χ3n) is 2.12. The molecule has 0 radical (unpaired) electrons. The summed E-state index contributed by atoms with van der Waals surface area (Å²) in [7, 11) is 0. The van der Waals surface area contributed by atoms with Crippen molar-refractivity contribution in [2.45, 2.75) is 31.7 Å². The van der Waals surface area contributed by atoms with Gasteiger partial charge in [-0.3, -0.25) is 0 Å². The van der Waals surface area contributed by atoms with Crippen LogP contribution in [0.3, 0.4) is 0 Å². The first-order valence-electron chi connectivity index (χ1n) is 4.25.